The van der Waals surface area contributed by atoms with Crippen LogP contribution in [0.3, 0.4) is 0 Å². The molecule has 3 aromatic rings. The Hall–Kier alpha value is -3.80. The first-order chi connectivity index (χ1) is 16.1. The standard InChI is InChI=1S/C27H23FN2O3/c28-23-7-2-1-5-19(23)17-33-21-12-10-18(11-13-21)22-15-26(32)30(20-6-4-14-29-16-20)24-8-3-9-25(31)27(22)24/h1-2,4-7,10-14,16,22H,3,8-9,15,17H2. The van der Waals surface area contributed by atoms with Gasteiger partial charge in [0.05, 0.1) is 11.9 Å². The Balaban J connectivity index is 1.42. The summed E-state index contributed by atoms with van der Waals surface area (Å²) in [6.45, 7) is 0.127. The lowest BCUT2D eigenvalue weighted by molar-refractivity contribution is -0.119. The normalized spacial score (nSPS) is 18.3. The van der Waals surface area contributed by atoms with E-state index in [1.165, 1.54) is 6.07 Å². The van der Waals surface area contributed by atoms with Gasteiger partial charge >= 0.3 is 0 Å². The van der Waals surface area contributed by atoms with Gasteiger partial charge in [0, 0.05) is 41.8 Å². The Morgan fingerprint density at radius 1 is 1.00 bits per heavy atom. The molecule has 2 heterocycles. The van der Waals surface area contributed by atoms with Crippen LogP contribution in [0.1, 0.15) is 42.7 Å². The second-order valence-corrected chi connectivity index (χ2v) is 8.28. The first kappa shape index (κ1) is 21.1. The Kier molecular flexibility index (Phi) is 5.73. The maximum absolute atomic E-state index is 13.8. The summed E-state index contributed by atoms with van der Waals surface area (Å²) in [4.78, 5) is 32.0. The van der Waals surface area contributed by atoms with Gasteiger partial charge < -0.3 is 4.74 Å². The number of aromatic nitrogens is 1. The molecular weight excluding hydrogens is 419 g/mol. The van der Waals surface area contributed by atoms with E-state index in [4.69, 9.17) is 4.74 Å². The van der Waals surface area contributed by atoms with Gasteiger partial charge in [0.15, 0.2) is 5.78 Å². The molecule has 33 heavy (non-hydrogen) atoms. The lowest BCUT2D eigenvalue weighted by atomic mass is 9.77. The average Bonchev–Trinajstić information content (AvgIpc) is 2.84. The predicted octanol–water partition coefficient (Wildman–Crippen LogP) is 5.33. The molecule has 0 radical (unpaired) electrons. The molecule has 1 aromatic heterocycles. The molecular formula is C27H23FN2O3. The van der Waals surface area contributed by atoms with Crippen LogP contribution in [0.4, 0.5) is 10.1 Å². The van der Waals surface area contributed by atoms with E-state index in [1.807, 2.05) is 30.3 Å². The van der Waals surface area contributed by atoms with Crippen LogP contribution >= 0.6 is 0 Å². The summed E-state index contributed by atoms with van der Waals surface area (Å²) in [5, 5.41) is 0. The number of nitrogens with zero attached hydrogens (tertiary/aromatic N) is 2. The number of carbonyl (C=O) groups is 2. The fraction of sp³-hybridized carbons (Fsp3) is 0.222. The molecule has 166 valence electrons. The number of rotatable bonds is 5. The molecule has 1 unspecified atom stereocenters. The molecule has 2 aliphatic rings. The van der Waals surface area contributed by atoms with Crippen molar-refractivity contribution in [2.24, 2.45) is 0 Å². The highest BCUT2D eigenvalue weighted by atomic mass is 19.1. The van der Waals surface area contributed by atoms with Crippen molar-refractivity contribution in [2.45, 2.75) is 38.2 Å². The third kappa shape index (κ3) is 4.16. The van der Waals surface area contributed by atoms with Crippen LogP contribution in [0.25, 0.3) is 0 Å². The largest absolute Gasteiger partial charge is 0.489 e. The van der Waals surface area contributed by atoms with Crippen molar-refractivity contribution < 1.29 is 18.7 Å². The number of pyridine rings is 1. The van der Waals surface area contributed by atoms with Gasteiger partial charge in [0.1, 0.15) is 18.2 Å². The van der Waals surface area contributed by atoms with Crippen molar-refractivity contribution in [1.29, 1.82) is 0 Å². The van der Waals surface area contributed by atoms with E-state index >= 15 is 0 Å². The second-order valence-electron chi connectivity index (χ2n) is 8.28. The van der Waals surface area contributed by atoms with E-state index < -0.39 is 0 Å². The molecule has 5 rings (SSSR count). The molecule has 0 N–H and O–H groups in total. The number of amides is 1. The monoisotopic (exact) mass is 442 g/mol. The fourth-order valence-electron chi connectivity index (χ4n) is 4.64. The predicted molar refractivity (Wildman–Crippen MR) is 122 cm³/mol. The molecule has 0 spiro atoms. The van der Waals surface area contributed by atoms with Crippen LogP contribution in [-0.4, -0.2) is 16.7 Å². The summed E-state index contributed by atoms with van der Waals surface area (Å²) in [5.41, 5.74) is 3.60. The first-order valence-corrected chi connectivity index (χ1v) is 11.1. The molecule has 1 aliphatic heterocycles. The summed E-state index contributed by atoms with van der Waals surface area (Å²) in [5.74, 6) is 0.0753. The fourth-order valence-corrected chi connectivity index (χ4v) is 4.64. The zero-order valence-corrected chi connectivity index (χ0v) is 18.0. The van der Waals surface area contributed by atoms with Crippen molar-refractivity contribution in [3.63, 3.8) is 0 Å². The quantitative estimate of drug-likeness (QED) is 0.536. The third-order valence-electron chi connectivity index (χ3n) is 6.21. The minimum atomic E-state index is -0.303. The van der Waals surface area contributed by atoms with Crippen LogP contribution in [0.5, 0.6) is 5.75 Å². The lowest BCUT2D eigenvalue weighted by Gasteiger charge is -2.38. The smallest absolute Gasteiger partial charge is 0.232 e. The van der Waals surface area contributed by atoms with Gasteiger partial charge in [0.25, 0.3) is 0 Å². The van der Waals surface area contributed by atoms with E-state index in [0.29, 0.717) is 29.8 Å². The molecule has 1 atom stereocenters. The van der Waals surface area contributed by atoms with Gasteiger partial charge in [0.2, 0.25) is 5.91 Å². The van der Waals surface area contributed by atoms with Crippen LogP contribution in [0.15, 0.2) is 84.3 Å². The lowest BCUT2D eigenvalue weighted by Crippen LogP contribution is -2.40. The van der Waals surface area contributed by atoms with E-state index in [-0.39, 0.29) is 36.5 Å². The number of allylic oxidation sites excluding steroid dienone is 2. The molecule has 2 aromatic carbocycles. The van der Waals surface area contributed by atoms with Crippen molar-refractivity contribution >= 4 is 17.4 Å². The van der Waals surface area contributed by atoms with Gasteiger partial charge in [-0.05, 0) is 48.7 Å². The van der Waals surface area contributed by atoms with Crippen LogP contribution in [0, 0.1) is 5.82 Å². The van der Waals surface area contributed by atoms with Crippen LogP contribution < -0.4 is 9.64 Å². The van der Waals surface area contributed by atoms with Crippen molar-refractivity contribution in [3.8, 4) is 5.75 Å². The highest BCUT2D eigenvalue weighted by molar-refractivity contribution is 6.07. The topological polar surface area (TPSA) is 59.5 Å². The number of carbonyl (C=O) groups excluding carboxylic acids is 2. The van der Waals surface area contributed by atoms with Gasteiger partial charge in [-0.1, -0.05) is 30.3 Å². The molecule has 0 fully saturated rings. The molecule has 5 nitrogen and oxygen atoms in total. The molecule has 6 heteroatoms. The van der Waals surface area contributed by atoms with Crippen molar-refractivity contribution in [2.75, 3.05) is 4.90 Å². The number of ketones is 1. The summed E-state index contributed by atoms with van der Waals surface area (Å²) in [6, 6.07) is 17.5. The Morgan fingerprint density at radius 2 is 1.82 bits per heavy atom. The summed E-state index contributed by atoms with van der Waals surface area (Å²) in [6.07, 6.45) is 5.45. The molecule has 0 saturated carbocycles. The third-order valence-corrected chi connectivity index (χ3v) is 6.21. The Labute approximate surface area is 191 Å². The van der Waals surface area contributed by atoms with Gasteiger partial charge in [-0.25, -0.2) is 4.39 Å². The number of benzene rings is 2. The second kappa shape index (κ2) is 8.98. The van der Waals surface area contributed by atoms with Gasteiger partial charge in [-0.15, -0.1) is 0 Å². The number of halogens is 1. The highest BCUT2D eigenvalue weighted by Crippen LogP contribution is 2.43. The van der Waals surface area contributed by atoms with Crippen molar-refractivity contribution in [3.05, 3.63) is 101 Å². The molecule has 1 aliphatic carbocycles. The van der Waals surface area contributed by atoms with E-state index in [1.54, 1.807) is 41.6 Å². The number of ether oxygens (including phenoxy) is 1. The number of anilines is 1. The van der Waals surface area contributed by atoms with E-state index in [9.17, 15) is 14.0 Å². The first-order valence-electron chi connectivity index (χ1n) is 11.1. The van der Waals surface area contributed by atoms with Gasteiger partial charge in [-0.2, -0.15) is 0 Å². The van der Waals surface area contributed by atoms with E-state index in [0.717, 1.165) is 23.3 Å². The Morgan fingerprint density at radius 3 is 2.58 bits per heavy atom. The minimum absolute atomic E-state index is 0.0404. The van der Waals surface area contributed by atoms with Crippen LogP contribution in [0.2, 0.25) is 0 Å². The van der Waals surface area contributed by atoms with E-state index in [2.05, 4.69) is 4.98 Å². The molecule has 0 saturated heterocycles. The SMILES string of the molecule is O=C1CCCC2=C1C(c1ccc(OCc3ccccc3F)cc1)CC(=O)N2c1cccnc1. The molecule has 1 amide bonds. The van der Waals surface area contributed by atoms with Gasteiger partial charge in [-0.3, -0.25) is 19.5 Å². The zero-order valence-electron chi connectivity index (χ0n) is 18.0. The average molecular weight is 442 g/mol. The number of hydrogen-bond donors (Lipinski definition) is 0. The Bertz CT molecular complexity index is 1220. The number of Topliss-reactive ketones (excluding diaryl/α,β-unsaturated/α-hetero) is 1. The maximum Gasteiger partial charge on any atom is 0.232 e. The summed E-state index contributed by atoms with van der Waals surface area (Å²) in [7, 11) is 0. The summed E-state index contributed by atoms with van der Waals surface area (Å²) >= 11 is 0. The minimum Gasteiger partial charge on any atom is -0.489 e. The number of hydrogen-bond acceptors (Lipinski definition) is 4. The van der Waals surface area contributed by atoms with Crippen LogP contribution in [-0.2, 0) is 16.2 Å². The summed E-state index contributed by atoms with van der Waals surface area (Å²) < 4.78 is 19.6. The molecule has 0 bridgehead atoms. The highest BCUT2D eigenvalue weighted by Gasteiger charge is 2.39. The zero-order chi connectivity index (χ0) is 22.8. The van der Waals surface area contributed by atoms with Crippen molar-refractivity contribution in [1.82, 2.24) is 4.98 Å². The maximum atomic E-state index is 13.8.